The Morgan fingerprint density at radius 2 is 1.71 bits per heavy atom. The van der Waals surface area contributed by atoms with Crippen LogP contribution >= 0.6 is 0 Å². The molecular weight excluding hydrogens is 673 g/mol. The zero-order chi connectivity index (χ0) is 36.8. The van der Waals surface area contributed by atoms with E-state index >= 15 is 0 Å². The summed E-state index contributed by atoms with van der Waals surface area (Å²) in [5, 5.41) is 19.7. The molecule has 3 heterocycles. The molecular formula is C39H45F3N6O4. The van der Waals surface area contributed by atoms with Crippen molar-refractivity contribution >= 4 is 23.5 Å². The highest BCUT2D eigenvalue weighted by Gasteiger charge is 2.37. The lowest BCUT2D eigenvalue weighted by molar-refractivity contribution is -0.137. The van der Waals surface area contributed by atoms with Gasteiger partial charge < -0.3 is 15.7 Å². The summed E-state index contributed by atoms with van der Waals surface area (Å²) in [7, 11) is 0. The quantitative estimate of drug-likeness (QED) is 0.196. The predicted octanol–water partition coefficient (Wildman–Crippen LogP) is 5.55. The molecule has 3 aromatic carbocycles. The number of hydrogen-bond donors (Lipinski definition) is 3. The highest BCUT2D eigenvalue weighted by Crippen LogP contribution is 2.32. The average molecular weight is 719 g/mol. The summed E-state index contributed by atoms with van der Waals surface area (Å²) in [5.74, 6) is -0.573. The van der Waals surface area contributed by atoms with Crippen molar-refractivity contribution in [2.45, 2.75) is 58.5 Å². The number of carbonyl (C=O) groups excluding carboxylic acids is 3. The topological polar surface area (TPSA) is 120 Å². The molecule has 4 aromatic rings. The van der Waals surface area contributed by atoms with Crippen LogP contribution in [-0.4, -0.2) is 75.3 Å². The number of nitrogens with one attached hydrogen (secondary N) is 2. The second kappa shape index (κ2) is 16.8. The van der Waals surface area contributed by atoms with Crippen molar-refractivity contribution in [1.82, 2.24) is 25.3 Å². The molecule has 52 heavy (non-hydrogen) atoms. The molecule has 3 N–H and O–H groups in total. The Labute approximate surface area is 301 Å². The van der Waals surface area contributed by atoms with E-state index in [-0.39, 0.29) is 31.2 Å². The first kappa shape index (κ1) is 39.5. The fourth-order valence-corrected chi connectivity index (χ4v) is 6.08. The van der Waals surface area contributed by atoms with Gasteiger partial charge in [-0.3, -0.25) is 24.2 Å². The largest absolute Gasteiger partial charge is 0.416 e. The molecule has 2 aliphatic heterocycles. The third-order valence-corrected chi connectivity index (χ3v) is 8.70. The minimum atomic E-state index is -4.56. The first-order valence-corrected chi connectivity index (χ1v) is 16.6. The monoisotopic (exact) mass is 718 g/mol. The average Bonchev–Trinajstić information content (AvgIpc) is 3.70. The summed E-state index contributed by atoms with van der Waals surface area (Å²) in [5.41, 5.74) is 1.45. The molecule has 6 rings (SSSR count). The van der Waals surface area contributed by atoms with Crippen molar-refractivity contribution in [2.75, 3.05) is 31.1 Å². The Morgan fingerprint density at radius 1 is 1.04 bits per heavy atom. The van der Waals surface area contributed by atoms with Gasteiger partial charge in [0.2, 0.25) is 5.91 Å². The van der Waals surface area contributed by atoms with Crippen molar-refractivity contribution in [2.24, 2.45) is 0 Å². The molecule has 276 valence electrons. The van der Waals surface area contributed by atoms with Gasteiger partial charge >= 0.3 is 6.18 Å². The lowest BCUT2D eigenvalue weighted by Gasteiger charge is -2.32. The fourth-order valence-electron chi connectivity index (χ4n) is 6.08. The summed E-state index contributed by atoms with van der Waals surface area (Å²) in [6.45, 7) is 10.2. The summed E-state index contributed by atoms with van der Waals surface area (Å²) in [6, 6.07) is 22.4. The van der Waals surface area contributed by atoms with E-state index in [0.29, 0.717) is 37.6 Å². The predicted molar refractivity (Wildman–Crippen MR) is 194 cm³/mol. The maximum atomic E-state index is 13.1. The van der Waals surface area contributed by atoms with Crippen molar-refractivity contribution in [3.63, 3.8) is 0 Å². The standard InChI is InChI=1S/C22H19F3N4O2.C16H22N2O2.CH4/c1-2-28-20-15(13-26-29(20)17-9-4-3-5-10-17)12-18(21(28)31)27-19(30)14-7-6-8-16(11-14)22(23,24)25;1-13(11-18-9-8-16(2,20)12-18)15(19)17-10-14-6-4-3-5-7-14;/h3-11,13,18H,2,12H2,1H3,(H,27,30);3-7,20H,1,8-12H2,2H3,(H,17,19);1H4. The van der Waals surface area contributed by atoms with Gasteiger partial charge in [0, 0.05) is 55.8 Å². The summed E-state index contributed by atoms with van der Waals surface area (Å²) in [6.07, 6.45) is -1.98. The number of aromatic nitrogens is 2. The number of hydrogen-bond acceptors (Lipinski definition) is 6. The number of para-hydroxylation sites is 1. The van der Waals surface area contributed by atoms with Crippen molar-refractivity contribution in [1.29, 1.82) is 0 Å². The van der Waals surface area contributed by atoms with Crippen LogP contribution in [0.25, 0.3) is 5.69 Å². The van der Waals surface area contributed by atoms with Crippen LogP contribution in [0.2, 0.25) is 0 Å². The minimum absolute atomic E-state index is 0. The maximum absolute atomic E-state index is 13.1. The number of anilines is 1. The van der Waals surface area contributed by atoms with Gasteiger partial charge in [-0.05, 0) is 56.2 Å². The Bertz CT molecular complexity index is 1860. The van der Waals surface area contributed by atoms with E-state index in [1.807, 2.05) is 67.6 Å². The number of benzene rings is 3. The zero-order valence-corrected chi connectivity index (χ0v) is 28.5. The van der Waals surface area contributed by atoms with E-state index in [1.54, 1.807) is 17.8 Å². The Morgan fingerprint density at radius 3 is 2.33 bits per heavy atom. The lowest BCUT2D eigenvalue weighted by Crippen LogP contribution is -2.53. The first-order valence-electron chi connectivity index (χ1n) is 16.6. The van der Waals surface area contributed by atoms with E-state index in [0.717, 1.165) is 41.9 Å². The smallest absolute Gasteiger partial charge is 0.389 e. The van der Waals surface area contributed by atoms with Crippen LogP contribution in [0, 0.1) is 0 Å². The minimum Gasteiger partial charge on any atom is -0.389 e. The second-order valence-electron chi connectivity index (χ2n) is 12.9. The van der Waals surface area contributed by atoms with Crippen LogP contribution in [0.3, 0.4) is 0 Å². The summed E-state index contributed by atoms with van der Waals surface area (Å²) in [4.78, 5) is 41.2. The van der Waals surface area contributed by atoms with E-state index in [9.17, 15) is 32.7 Å². The van der Waals surface area contributed by atoms with Crippen LogP contribution in [0.15, 0.2) is 103 Å². The number of nitrogens with zero attached hydrogens (tertiary/aromatic N) is 4. The molecule has 0 spiro atoms. The van der Waals surface area contributed by atoms with Gasteiger partial charge in [0.15, 0.2) is 0 Å². The van der Waals surface area contributed by atoms with Gasteiger partial charge in [0.25, 0.3) is 11.8 Å². The number of likely N-dealkylation sites (N-methyl/N-ethyl adjacent to an activating group) is 1. The van der Waals surface area contributed by atoms with Crippen LogP contribution in [-0.2, 0) is 28.7 Å². The molecule has 0 bridgehead atoms. The van der Waals surface area contributed by atoms with Gasteiger partial charge in [-0.1, -0.05) is 68.6 Å². The highest BCUT2D eigenvalue weighted by molar-refractivity contribution is 6.04. The van der Waals surface area contributed by atoms with E-state index in [2.05, 4.69) is 27.2 Å². The number of fused-ring (bicyclic) bond motifs is 1. The molecule has 13 heteroatoms. The third-order valence-electron chi connectivity index (χ3n) is 8.70. The van der Waals surface area contributed by atoms with E-state index in [4.69, 9.17) is 0 Å². The second-order valence-corrected chi connectivity index (χ2v) is 12.9. The van der Waals surface area contributed by atoms with Crippen molar-refractivity contribution in [3.8, 4) is 5.69 Å². The van der Waals surface area contributed by atoms with Gasteiger partial charge in [0.05, 0.1) is 23.0 Å². The van der Waals surface area contributed by atoms with E-state index < -0.39 is 29.3 Å². The SMILES string of the molecule is C.C=C(CN1CCC(C)(O)C1)C(=O)NCc1ccccc1.CCN1C(=O)C(NC(=O)c2cccc(C(F)(F)F)c2)Cc2cnn(-c3ccccc3)c21. The number of halogens is 3. The molecule has 10 nitrogen and oxygen atoms in total. The van der Waals surface area contributed by atoms with Crippen LogP contribution in [0.1, 0.15) is 54.7 Å². The summed E-state index contributed by atoms with van der Waals surface area (Å²) < 4.78 is 40.5. The molecule has 2 unspecified atom stereocenters. The van der Waals surface area contributed by atoms with Crippen molar-refractivity contribution < 1.29 is 32.7 Å². The highest BCUT2D eigenvalue weighted by atomic mass is 19.4. The molecule has 1 aromatic heterocycles. The Balaban J connectivity index is 0.000000250. The molecule has 3 amide bonds. The van der Waals surface area contributed by atoms with Crippen molar-refractivity contribution in [3.05, 3.63) is 126 Å². The number of likely N-dealkylation sites (tertiary alicyclic amines) is 1. The molecule has 0 aliphatic carbocycles. The Hall–Kier alpha value is -5.27. The third kappa shape index (κ3) is 9.74. The van der Waals surface area contributed by atoms with Gasteiger partial charge in [-0.25, -0.2) is 4.68 Å². The number of rotatable bonds is 9. The molecule has 1 saturated heterocycles. The zero-order valence-electron chi connectivity index (χ0n) is 28.5. The molecule has 2 atom stereocenters. The normalized spacial score (nSPS) is 18.4. The number of alkyl halides is 3. The Kier molecular flexibility index (Phi) is 12.8. The van der Waals surface area contributed by atoms with Crippen LogP contribution in [0.5, 0.6) is 0 Å². The van der Waals surface area contributed by atoms with Gasteiger partial charge in [-0.15, -0.1) is 0 Å². The van der Waals surface area contributed by atoms with Crippen LogP contribution in [0.4, 0.5) is 19.0 Å². The van der Waals surface area contributed by atoms with Crippen LogP contribution < -0.4 is 15.5 Å². The van der Waals surface area contributed by atoms with E-state index in [1.165, 1.54) is 17.0 Å². The molecule has 2 aliphatic rings. The molecule has 0 saturated carbocycles. The lowest BCUT2D eigenvalue weighted by atomic mass is 10.0. The van der Waals surface area contributed by atoms with Gasteiger partial charge in [0.1, 0.15) is 11.9 Å². The first-order chi connectivity index (χ1) is 24.3. The summed E-state index contributed by atoms with van der Waals surface area (Å²) >= 11 is 0. The molecule has 1 fully saturated rings. The maximum Gasteiger partial charge on any atom is 0.416 e. The number of aliphatic hydroxyl groups is 1. The molecule has 0 radical (unpaired) electrons. The number of amides is 3. The van der Waals surface area contributed by atoms with Gasteiger partial charge in [-0.2, -0.15) is 18.3 Å². The fraction of sp³-hybridized carbons (Fsp3) is 0.333. The number of β-amino-alcohol motifs (C(OH)–C–C–N with tert-alkyl or cyclic N) is 1. The number of carbonyl (C=O) groups is 3.